The average Bonchev–Trinajstić information content (AvgIpc) is 2.95. The first-order chi connectivity index (χ1) is 10.5. The molecule has 1 aliphatic heterocycles. The zero-order chi connectivity index (χ0) is 16.4. The highest BCUT2D eigenvalue weighted by Gasteiger charge is 1.98. The zero-order valence-corrected chi connectivity index (χ0v) is 13.3. The van der Waals surface area contributed by atoms with Crippen LogP contribution in [0.1, 0.15) is 5.56 Å². The molecule has 0 amide bonds. The second-order valence-electron chi connectivity index (χ2n) is 4.37. The van der Waals surface area contributed by atoms with Crippen LogP contribution < -0.4 is 5.73 Å². The van der Waals surface area contributed by atoms with E-state index in [4.69, 9.17) is 10.8 Å². The van der Waals surface area contributed by atoms with Crippen LogP contribution in [-0.2, 0) is 4.79 Å². The molecule has 0 aromatic heterocycles. The standard InChI is InChI=1S/C11H13N3O2.C3H6N2S/c1-14(2)13-12-10-5-3-4-9(8-10)6-7-11(15)16;4-3-5-1-2-6-3/h3-8H,1-2H3,(H,15,16);1-2H2,(H2,4,5)/b7-6+,13-12?;. The van der Waals surface area contributed by atoms with Gasteiger partial charge in [-0.2, -0.15) is 0 Å². The van der Waals surface area contributed by atoms with Crippen LogP contribution in [0.5, 0.6) is 0 Å². The highest BCUT2D eigenvalue weighted by Crippen LogP contribution is 2.15. The van der Waals surface area contributed by atoms with Crippen molar-refractivity contribution in [2.75, 3.05) is 26.4 Å². The van der Waals surface area contributed by atoms with Crippen LogP contribution in [0.4, 0.5) is 5.69 Å². The molecule has 0 saturated carbocycles. The van der Waals surface area contributed by atoms with Crippen molar-refractivity contribution in [3.8, 4) is 0 Å². The minimum atomic E-state index is -0.972. The van der Waals surface area contributed by atoms with E-state index in [1.54, 1.807) is 55.1 Å². The van der Waals surface area contributed by atoms with Gasteiger partial charge in [0, 0.05) is 25.9 Å². The van der Waals surface area contributed by atoms with E-state index in [0.717, 1.165) is 29.1 Å². The fourth-order valence-corrected chi connectivity index (χ4v) is 1.93. The fraction of sp³-hybridized carbons (Fsp3) is 0.286. The molecule has 0 bridgehead atoms. The van der Waals surface area contributed by atoms with E-state index < -0.39 is 5.97 Å². The molecule has 0 unspecified atom stereocenters. The molecule has 8 heteroatoms. The molecular formula is C14H19N5O2S. The predicted molar refractivity (Wildman–Crippen MR) is 90.3 cm³/mol. The SMILES string of the molecule is CN(C)N=Nc1cccc(/C=C/C(=O)O)c1.NC1=NCCS1. The van der Waals surface area contributed by atoms with Crippen LogP contribution in [0.15, 0.2) is 45.7 Å². The molecule has 0 aliphatic carbocycles. The monoisotopic (exact) mass is 321 g/mol. The third-order valence-electron chi connectivity index (χ3n) is 2.24. The summed E-state index contributed by atoms with van der Waals surface area (Å²) in [5.74, 6) is 0.103. The summed E-state index contributed by atoms with van der Waals surface area (Å²) in [6.07, 6.45) is 2.60. The minimum absolute atomic E-state index is 0.682. The van der Waals surface area contributed by atoms with Crippen LogP contribution in [0.3, 0.4) is 0 Å². The number of carbonyl (C=O) groups is 1. The molecule has 1 aromatic carbocycles. The van der Waals surface area contributed by atoms with E-state index in [1.165, 1.54) is 6.08 Å². The summed E-state index contributed by atoms with van der Waals surface area (Å²) in [6.45, 7) is 0.913. The highest BCUT2D eigenvalue weighted by molar-refractivity contribution is 8.14. The van der Waals surface area contributed by atoms with Gasteiger partial charge in [0.15, 0.2) is 5.17 Å². The van der Waals surface area contributed by atoms with Crippen molar-refractivity contribution in [3.05, 3.63) is 35.9 Å². The number of carboxylic acids is 1. The predicted octanol–water partition coefficient (Wildman–Crippen LogP) is 2.39. The van der Waals surface area contributed by atoms with E-state index in [1.807, 2.05) is 0 Å². The lowest BCUT2D eigenvalue weighted by Crippen LogP contribution is -2.00. The van der Waals surface area contributed by atoms with E-state index in [0.29, 0.717) is 5.69 Å². The molecule has 0 atom stereocenters. The summed E-state index contributed by atoms with van der Waals surface area (Å²) in [7, 11) is 3.55. The molecule has 22 heavy (non-hydrogen) atoms. The van der Waals surface area contributed by atoms with Gasteiger partial charge in [0.2, 0.25) is 0 Å². The van der Waals surface area contributed by atoms with Crippen LogP contribution in [0.2, 0.25) is 0 Å². The first-order valence-electron chi connectivity index (χ1n) is 6.50. The Balaban J connectivity index is 0.000000335. The van der Waals surface area contributed by atoms with Crippen molar-refractivity contribution < 1.29 is 9.90 Å². The number of aliphatic imine (C=N–C) groups is 1. The lowest BCUT2D eigenvalue weighted by molar-refractivity contribution is -0.131. The molecule has 0 fully saturated rings. The number of thioether (sulfide) groups is 1. The molecular weight excluding hydrogens is 302 g/mol. The average molecular weight is 321 g/mol. The van der Waals surface area contributed by atoms with Crippen molar-refractivity contribution in [3.63, 3.8) is 0 Å². The maximum atomic E-state index is 10.3. The van der Waals surface area contributed by atoms with Crippen LogP contribution in [0, 0.1) is 0 Å². The number of hydrogen-bond donors (Lipinski definition) is 2. The molecule has 1 aliphatic rings. The molecule has 118 valence electrons. The van der Waals surface area contributed by atoms with Gasteiger partial charge in [-0.1, -0.05) is 29.1 Å². The van der Waals surface area contributed by atoms with Crippen molar-refractivity contribution in [1.82, 2.24) is 5.01 Å². The Labute approximate surface area is 133 Å². The van der Waals surface area contributed by atoms with E-state index in [2.05, 4.69) is 15.3 Å². The number of rotatable bonds is 4. The number of hydrogen-bond acceptors (Lipinski definition) is 6. The first-order valence-corrected chi connectivity index (χ1v) is 7.48. The van der Waals surface area contributed by atoms with Gasteiger partial charge in [-0.3, -0.25) is 10.0 Å². The van der Waals surface area contributed by atoms with Gasteiger partial charge in [-0.15, -0.1) is 5.11 Å². The maximum Gasteiger partial charge on any atom is 0.328 e. The van der Waals surface area contributed by atoms with Crippen molar-refractivity contribution in [2.45, 2.75) is 0 Å². The Morgan fingerprint density at radius 1 is 1.50 bits per heavy atom. The Morgan fingerprint density at radius 3 is 2.77 bits per heavy atom. The van der Waals surface area contributed by atoms with E-state index in [-0.39, 0.29) is 0 Å². The molecule has 0 saturated heterocycles. The van der Waals surface area contributed by atoms with Crippen LogP contribution in [-0.4, -0.2) is 47.6 Å². The zero-order valence-electron chi connectivity index (χ0n) is 12.5. The van der Waals surface area contributed by atoms with Gasteiger partial charge in [0.1, 0.15) is 0 Å². The van der Waals surface area contributed by atoms with E-state index >= 15 is 0 Å². The summed E-state index contributed by atoms with van der Waals surface area (Å²) in [6, 6.07) is 7.15. The van der Waals surface area contributed by atoms with Crippen molar-refractivity contribution in [1.29, 1.82) is 0 Å². The molecule has 1 aromatic rings. The van der Waals surface area contributed by atoms with Crippen LogP contribution in [0.25, 0.3) is 6.08 Å². The summed E-state index contributed by atoms with van der Waals surface area (Å²) < 4.78 is 0. The van der Waals surface area contributed by atoms with Gasteiger partial charge in [0.05, 0.1) is 12.2 Å². The number of benzene rings is 1. The topological polar surface area (TPSA) is 104 Å². The van der Waals surface area contributed by atoms with Gasteiger partial charge in [-0.05, 0) is 23.8 Å². The highest BCUT2D eigenvalue weighted by atomic mass is 32.2. The second kappa shape index (κ2) is 9.56. The summed E-state index contributed by atoms with van der Waals surface area (Å²) in [5, 5.41) is 18.6. The number of nitrogens with zero attached hydrogens (tertiary/aromatic N) is 4. The molecule has 2 rings (SSSR count). The molecule has 3 N–H and O–H groups in total. The van der Waals surface area contributed by atoms with Crippen molar-refractivity contribution >= 4 is 34.7 Å². The number of carboxylic acid groups (broad SMARTS) is 1. The lowest BCUT2D eigenvalue weighted by atomic mass is 10.2. The molecule has 7 nitrogen and oxygen atoms in total. The lowest BCUT2D eigenvalue weighted by Gasteiger charge is -2.00. The molecule has 0 spiro atoms. The number of amidine groups is 1. The smallest absolute Gasteiger partial charge is 0.328 e. The first kappa shape index (κ1) is 17.7. The van der Waals surface area contributed by atoms with Gasteiger partial charge in [-0.25, -0.2) is 4.79 Å². The number of aliphatic carboxylic acids is 1. The van der Waals surface area contributed by atoms with E-state index in [9.17, 15) is 4.79 Å². The molecule has 0 radical (unpaired) electrons. The maximum absolute atomic E-state index is 10.3. The Morgan fingerprint density at radius 2 is 2.27 bits per heavy atom. The Bertz CT molecular complexity index is 584. The third kappa shape index (κ3) is 8.05. The quantitative estimate of drug-likeness (QED) is 0.503. The van der Waals surface area contributed by atoms with Gasteiger partial charge in [0.25, 0.3) is 0 Å². The second-order valence-corrected chi connectivity index (χ2v) is 5.49. The third-order valence-corrected chi connectivity index (χ3v) is 3.05. The van der Waals surface area contributed by atoms with Gasteiger partial charge >= 0.3 is 5.97 Å². The van der Waals surface area contributed by atoms with Crippen molar-refractivity contribution in [2.24, 2.45) is 21.1 Å². The number of nitrogens with two attached hydrogens (primary N) is 1. The summed E-state index contributed by atoms with van der Waals surface area (Å²) >= 11 is 1.62. The summed E-state index contributed by atoms with van der Waals surface area (Å²) in [4.78, 5) is 14.2. The molecule has 1 heterocycles. The van der Waals surface area contributed by atoms with Gasteiger partial charge < -0.3 is 10.8 Å². The van der Waals surface area contributed by atoms with Crippen LogP contribution >= 0.6 is 11.8 Å². The largest absolute Gasteiger partial charge is 0.478 e. The fourth-order valence-electron chi connectivity index (χ4n) is 1.35. The summed E-state index contributed by atoms with van der Waals surface area (Å²) in [5.41, 5.74) is 6.70. The Kier molecular flexibility index (Phi) is 7.69. The normalized spacial score (nSPS) is 13.8. The Hall–Kier alpha value is -2.35. The minimum Gasteiger partial charge on any atom is -0.478 e.